The topological polar surface area (TPSA) is 82.6 Å². The Morgan fingerprint density at radius 2 is 1.92 bits per heavy atom. The lowest BCUT2D eigenvalue weighted by atomic mass is 10.3. The van der Waals surface area contributed by atoms with Crippen LogP contribution >= 0.6 is 36.0 Å². The molecular weight excluding hydrogens is 392 g/mol. The Labute approximate surface area is 167 Å². The average Bonchev–Trinajstić information content (AvgIpc) is 2.65. The van der Waals surface area contributed by atoms with Crippen molar-refractivity contribution >= 4 is 57.7 Å². The molecule has 136 valence electrons. The Kier molecular flexibility index (Phi) is 7.52. The van der Waals surface area contributed by atoms with Gasteiger partial charge in [-0.05, 0) is 61.7 Å². The second kappa shape index (κ2) is 9.85. The molecule has 1 aromatic heterocycles. The Hall–Kier alpha value is -2.49. The van der Waals surface area contributed by atoms with Crippen LogP contribution in [-0.4, -0.2) is 28.0 Å². The second-order valence-electron chi connectivity index (χ2n) is 4.90. The summed E-state index contributed by atoms with van der Waals surface area (Å²) in [7, 11) is 1.56. The molecule has 0 bridgehead atoms. The van der Waals surface area contributed by atoms with Crippen molar-refractivity contribution in [2.75, 3.05) is 12.4 Å². The molecule has 2 rings (SSSR count). The zero-order valence-electron chi connectivity index (χ0n) is 14.0. The summed E-state index contributed by atoms with van der Waals surface area (Å²) < 4.78 is 5.24. The van der Waals surface area contributed by atoms with E-state index >= 15 is 0 Å². The van der Waals surface area contributed by atoms with E-state index in [4.69, 9.17) is 40.8 Å². The summed E-state index contributed by atoms with van der Waals surface area (Å²) in [5.74, 6) is 0.606. The van der Waals surface area contributed by atoms with Gasteiger partial charge in [-0.2, -0.15) is 5.10 Å². The van der Waals surface area contributed by atoms with Gasteiger partial charge in [0.15, 0.2) is 5.11 Å². The number of thiocarbonyl (C=S) groups is 2. The Bertz CT molecular complexity index is 816. The maximum atomic E-state index is 5.98. The number of rotatable bonds is 4. The van der Waals surface area contributed by atoms with E-state index in [2.05, 4.69) is 31.7 Å². The van der Waals surface area contributed by atoms with Crippen molar-refractivity contribution in [3.05, 3.63) is 53.3 Å². The summed E-state index contributed by atoms with van der Waals surface area (Å²) in [5.41, 5.74) is 10.3. The lowest BCUT2D eigenvalue weighted by Crippen LogP contribution is -2.47. The third kappa shape index (κ3) is 6.10. The van der Waals surface area contributed by atoms with Crippen molar-refractivity contribution in [1.82, 2.24) is 21.3 Å². The van der Waals surface area contributed by atoms with Crippen molar-refractivity contribution in [1.29, 1.82) is 0 Å². The first kappa shape index (κ1) is 19.8. The van der Waals surface area contributed by atoms with Crippen LogP contribution in [0.5, 0.6) is 5.75 Å². The number of pyridine rings is 1. The van der Waals surface area contributed by atoms with Crippen LogP contribution in [-0.2, 0) is 0 Å². The van der Waals surface area contributed by atoms with Crippen molar-refractivity contribution in [3.8, 4) is 5.75 Å². The number of nitrogens with one attached hydrogen (secondary N) is 4. The van der Waals surface area contributed by atoms with Crippen LogP contribution in [0.3, 0.4) is 0 Å². The standard InChI is InChI=1S/C16H17ClN6OS2/c1-10(12-5-3-4-8-18-12)20-22-16(26)23-21-15(25)19-13-9-11(17)6-7-14(13)24-2/h3-9H,1-2H3,(H2,19,21,25)(H2,22,23,26)/b20-10+. The summed E-state index contributed by atoms with van der Waals surface area (Å²) in [4.78, 5) is 4.20. The van der Waals surface area contributed by atoms with Gasteiger partial charge in [0, 0.05) is 11.2 Å². The third-order valence-electron chi connectivity index (χ3n) is 3.06. The number of halogens is 1. The molecule has 0 atom stereocenters. The molecule has 0 radical (unpaired) electrons. The highest BCUT2D eigenvalue weighted by molar-refractivity contribution is 7.80. The van der Waals surface area contributed by atoms with Gasteiger partial charge in [0.25, 0.3) is 0 Å². The molecule has 0 saturated heterocycles. The van der Waals surface area contributed by atoms with E-state index in [1.54, 1.807) is 31.5 Å². The van der Waals surface area contributed by atoms with E-state index in [0.29, 0.717) is 22.2 Å². The first-order chi connectivity index (χ1) is 12.5. The summed E-state index contributed by atoms with van der Waals surface area (Å²) in [5, 5.41) is 8.19. The van der Waals surface area contributed by atoms with Crippen molar-refractivity contribution in [2.24, 2.45) is 5.10 Å². The number of hydrogen-bond acceptors (Lipinski definition) is 5. The van der Waals surface area contributed by atoms with E-state index in [9.17, 15) is 0 Å². The number of benzene rings is 1. The molecule has 0 fully saturated rings. The first-order valence-electron chi connectivity index (χ1n) is 7.42. The number of hydrazone groups is 1. The van der Waals surface area contributed by atoms with Gasteiger partial charge in [-0.25, -0.2) is 0 Å². The number of ether oxygens (including phenoxy) is 1. The molecule has 0 aliphatic rings. The van der Waals surface area contributed by atoms with Crippen LogP contribution in [0.15, 0.2) is 47.7 Å². The molecule has 0 saturated carbocycles. The van der Waals surface area contributed by atoms with Gasteiger partial charge in [-0.1, -0.05) is 17.7 Å². The molecule has 0 aliphatic heterocycles. The number of aromatic nitrogens is 1. The van der Waals surface area contributed by atoms with Crippen LogP contribution in [0.4, 0.5) is 5.69 Å². The van der Waals surface area contributed by atoms with Gasteiger partial charge in [0.2, 0.25) is 5.11 Å². The molecule has 0 unspecified atom stereocenters. The van der Waals surface area contributed by atoms with Gasteiger partial charge in [-0.15, -0.1) is 0 Å². The zero-order chi connectivity index (χ0) is 18.9. The number of nitrogens with zero attached hydrogens (tertiary/aromatic N) is 2. The van der Waals surface area contributed by atoms with E-state index < -0.39 is 0 Å². The fourth-order valence-electron chi connectivity index (χ4n) is 1.84. The third-order valence-corrected chi connectivity index (χ3v) is 3.69. The molecular formula is C16H17ClN6OS2. The van der Waals surface area contributed by atoms with E-state index in [-0.39, 0.29) is 10.2 Å². The molecule has 0 spiro atoms. The van der Waals surface area contributed by atoms with Gasteiger partial charge in [0.05, 0.1) is 24.2 Å². The predicted octanol–water partition coefficient (Wildman–Crippen LogP) is 2.83. The summed E-state index contributed by atoms with van der Waals surface area (Å²) in [6.07, 6.45) is 1.70. The number of anilines is 1. The normalized spacial score (nSPS) is 10.7. The van der Waals surface area contributed by atoms with Crippen LogP contribution in [0.25, 0.3) is 0 Å². The van der Waals surface area contributed by atoms with Gasteiger partial charge < -0.3 is 10.1 Å². The highest BCUT2D eigenvalue weighted by atomic mass is 35.5. The first-order valence-corrected chi connectivity index (χ1v) is 8.61. The Morgan fingerprint density at radius 3 is 2.62 bits per heavy atom. The number of hydrogen-bond donors (Lipinski definition) is 4. The molecule has 1 heterocycles. The quantitative estimate of drug-likeness (QED) is 0.349. The number of methoxy groups -OCH3 is 1. The fourth-order valence-corrected chi connectivity index (χ4v) is 2.27. The summed E-state index contributed by atoms with van der Waals surface area (Å²) in [6, 6.07) is 10.7. The molecule has 26 heavy (non-hydrogen) atoms. The van der Waals surface area contributed by atoms with Crippen LogP contribution in [0.2, 0.25) is 5.02 Å². The summed E-state index contributed by atoms with van der Waals surface area (Å²) >= 11 is 16.3. The predicted molar refractivity (Wildman–Crippen MR) is 113 cm³/mol. The van der Waals surface area contributed by atoms with Gasteiger partial charge in [0.1, 0.15) is 5.75 Å². The maximum absolute atomic E-state index is 5.98. The van der Waals surface area contributed by atoms with E-state index in [1.807, 2.05) is 25.1 Å². The highest BCUT2D eigenvalue weighted by Gasteiger charge is 2.06. The summed E-state index contributed by atoms with van der Waals surface area (Å²) in [6.45, 7) is 1.82. The van der Waals surface area contributed by atoms with Gasteiger partial charge in [-0.3, -0.25) is 21.3 Å². The molecule has 1 aromatic carbocycles. The molecule has 10 heteroatoms. The van der Waals surface area contributed by atoms with Crippen LogP contribution in [0.1, 0.15) is 12.6 Å². The SMILES string of the molecule is COc1ccc(Cl)cc1NC(=S)NNC(=S)N/N=C(\C)c1ccccn1. The molecule has 0 aliphatic carbocycles. The second-order valence-corrected chi connectivity index (χ2v) is 6.15. The minimum Gasteiger partial charge on any atom is -0.495 e. The average molecular weight is 409 g/mol. The highest BCUT2D eigenvalue weighted by Crippen LogP contribution is 2.27. The van der Waals surface area contributed by atoms with Crippen molar-refractivity contribution in [3.63, 3.8) is 0 Å². The van der Waals surface area contributed by atoms with Gasteiger partial charge >= 0.3 is 0 Å². The minimum absolute atomic E-state index is 0.238. The minimum atomic E-state index is 0.238. The largest absolute Gasteiger partial charge is 0.495 e. The van der Waals surface area contributed by atoms with Crippen molar-refractivity contribution < 1.29 is 4.74 Å². The van der Waals surface area contributed by atoms with Crippen molar-refractivity contribution in [2.45, 2.75) is 6.92 Å². The van der Waals surface area contributed by atoms with Crippen LogP contribution in [0, 0.1) is 0 Å². The van der Waals surface area contributed by atoms with Crippen LogP contribution < -0.4 is 26.3 Å². The van der Waals surface area contributed by atoms with E-state index in [0.717, 1.165) is 5.69 Å². The molecule has 4 N–H and O–H groups in total. The fraction of sp³-hybridized carbons (Fsp3) is 0.125. The maximum Gasteiger partial charge on any atom is 0.205 e. The smallest absolute Gasteiger partial charge is 0.205 e. The Balaban J connectivity index is 1.84. The lowest BCUT2D eigenvalue weighted by Gasteiger charge is -2.15. The molecule has 2 aromatic rings. The lowest BCUT2D eigenvalue weighted by molar-refractivity contribution is 0.417. The Morgan fingerprint density at radius 1 is 1.15 bits per heavy atom. The molecule has 0 amide bonds. The molecule has 7 nitrogen and oxygen atoms in total. The monoisotopic (exact) mass is 408 g/mol. The van der Waals surface area contributed by atoms with E-state index in [1.165, 1.54) is 0 Å². The number of hydrazine groups is 1. The zero-order valence-corrected chi connectivity index (χ0v) is 16.4.